The molecule has 2 heterocycles. The average Bonchev–Trinajstić information content (AvgIpc) is 3.34. The standard InChI is InChI=1S/C16H24FN5O2/c1-3-24-9-14(23)20-13-8-22(7-11(13)10-4-5-10)16-19-6-12(17)15(18-2)21-16/h6,10-11,13H,3-5,7-9H2,1-2H3,(H,20,23)(H,18,19,21)/t11-,13+/m1/s1. The van der Waals surface area contributed by atoms with Gasteiger partial charge in [0.15, 0.2) is 11.6 Å². The lowest BCUT2D eigenvalue weighted by atomic mass is 9.98. The predicted octanol–water partition coefficient (Wildman–Crippen LogP) is 1.02. The summed E-state index contributed by atoms with van der Waals surface area (Å²) in [5.41, 5.74) is 0. The Balaban J connectivity index is 1.69. The van der Waals surface area contributed by atoms with Gasteiger partial charge in [-0.3, -0.25) is 4.79 Å². The van der Waals surface area contributed by atoms with Crippen molar-refractivity contribution in [2.45, 2.75) is 25.8 Å². The van der Waals surface area contributed by atoms with E-state index < -0.39 is 5.82 Å². The van der Waals surface area contributed by atoms with E-state index in [0.717, 1.165) is 6.54 Å². The van der Waals surface area contributed by atoms with Gasteiger partial charge in [-0.1, -0.05) is 0 Å². The van der Waals surface area contributed by atoms with Gasteiger partial charge >= 0.3 is 0 Å². The molecule has 1 aliphatic heterocycles. The Morgan fingerprint density at radius 1 is 1.46 bits per heavy atom. The number of nitrogens with one attached hydrogen (secondary N) is 2. The molecule has 0 bridgehead atoms. The van der Waals surface area contributed by atoms with Gasteiger partial charge in [-0.15, -0.1) is 0 Å². The second-order valence-electron chi connectivity index (χ2n) is 6.33. The van der Waals surface area contributed by atoms with Crippen molar-refractivity contribution in [2.75, 3.05) is 43.6 Å². The molecule has 1 amide bonds. The summed E-state index contributed by atoms with van der Waals surface area (Å²) in [7, 11) is 1.63. The fraction of sp³-hybridized carbons (Fsp3) is 0.688. The Bertz CT molecular complexity index is 596. The van der Waals surface area contributed by atoms with Crippen LogP contribution in [0.2, 0.25) is 0 Å². The zero-order valence-corrected chi connectivity index (χ0v) is 14.1. The highest BCUT2D eigenvalue weighted by molar-refractivity contribution is 5.77. The number of rotatable bonds is 7. The maximum atomic E-state index is 13.6. The maximum absolute atomic E-state index is 13.6. The van der Waals surface area contributed by atoms with Crippen molar-refractivity contribution >= 4 is 17.7 Å². The molecule has 1 aliphatic carbocycles. The van der Waals surface area contributed by atoms with Gasteiger partial charge in [-0.25, -0.2) is 9.37 Å². The molecule has 24 heavy (non-hydrogen) atoms. The lowest BCUT2D eigenvalue weighted by molar-refractivity contribution is -0.126. The number of carbonyl (C=O) groups is 1. The third-order valence-electron chi connectivity index (χ3n) is 4.63. The van der Waals surface area contributed by atoms with Gasteiger partial charge < -0.3 is 20.3 Å². The number of nitrogens with zero attached hydrogens (tertiary/aromatic N) is 3. The average molecular weight is 337 g/mol. The molecule has 2 fully saturated rings. The first-order valence-corrected chi connectivity index (χ1v) is 8.44. The summed E-state index contributed by atoms with van der Waals surface area (Å²) in [6.45, 7) is 3.88. The SMILES string of the molecule is CCOCC(=O)N[C@H]1CN(c2ncc(F)c(NC)n2)C[C@@H]1C1CC1. The summed E-state index contributed by atoms with van der Waals surface area (Å²) < 4.78 is 18.7. The van der Waals surface area contributed by atoms with Crippen LogP contribution in [-0.2, 0) is 9.53 Å². The van der Waals surface area contributed by atoms with Crippen LogP contribution in [0.15, 0.2) is 6.20 Å². The molecule has 3 rings (SSSR count). The number of hydrogen-bond donors (Lipinski definition) is 2. The number of anilines is 2. The number of ether oxygens (including phenoxy) is 1. The van der Waals surface area contributed by atoms with E-state index in [0.29, 0.717) is 30.9 Å². The molecule has 2 N–H and O–H groups in total. The Labute approximate surface area is 141 Å². The maximum Gasteiger partial charge on any atom is 0.246 e. The van der Waals surface area contributed by atoms with Crippen molar-refractivity contribution in [2.24, 2.45) is 11.8 Å². The largest absolute Gasteiger partial charge is 0.372 e. The van der Waals surface area contributed by atoms with Crippen LogP contribution in [0, 0.1) is 17.7 Å². The molecule has 1 aromatic rings. The molecule has 0 spiro atoms. The third kappa shape index (κ3) is 3.75. The summed E-state index contributed by atoms with van der Waals surface area (Å²) in [6.07, 6.45) is 3.58. The molecule has 0 aromatic carbocycles. The molecule has 1 aromatic heterocycles. The molecule has 2 atom stereocenters. The topological polar surface area (TPSA) is 79.4 Å². The predicted molar refractivity (Wildman–Crippen MR) is 88.4 cm³/mol. The second kappa shape index (κ2) is 7.29. The van der Waals surface area contributed by atoms with E-state index in [-0.39, 0.29) is 24.4 Å². The van der Waals surface area contributed by atoms with Gasteiger partial charge in [0, 0.05) is 32.7 Å². The first-order chi connectivity index (χ1) is 11.6. The Morgan fingerprint density at radius 2 is 2.25 bits per heavy atom. The van der Waals surface area contributed by atoms with Crippen LogP contribution in [0.4, 0.5) is 16.2 Å². The van der Waals surface area contributed by atoms with Crippen molar-refractivity contribution in [3.05, 3.63) is 12.0 Å². The van der Waals surface area contributed by atoms with Gasteiger partial charge in [0.1, 0.15) is 6.61 Å². The second-order valence-corrected chi connectivity index (χ2v) is 6.33. The Kier molecular flexibility index (Phi) is 5.13. The molecule has 1 saturated carbocycles. The highest BCUT2D eigenvalue weighted by Crippen LogP contribution is 2.42. The Morgan fingerprint density at radius 3 is 2.92 bits per heavy atom. The van der Waals surface area contributed by atoms with Crippen LogP contribution in [0.1, 0.15) is 19.8 Å². The van der Waals surface area contributed by atoms with E-state index in [1.807, 2.05) is 11.8 Å². The van der Waals surface area contributed by atoms with E-state index in [4.69, 9.17) is 4.74 Å². The normalized spacial score (nSPS) is 23.4. The van der Waals surface area contributed by atoms with Crippen LogP contribution >= 0.6 is 0 Å². The summed E-state index contributed by atoms with van der Waals surface area (Å²) in [6, 6.07) is 0.0529. The van der Waals surface area contributed by atoms with Gasteiger partial charge in [-0.2, -0.15) is 4.98 Å². The van der Waals surface area contributed by atoms with E-state index in [2.05, 4.69) is 20.6 Å². The van der Waals surface area contributed by atoms with Crippen LogP contribution in [0.5, 0.6) is 0 Å². The van der Waals surface area contributed by atoms with E-state index in [1.54, 1.807) is 7.05 Å². The molecule has 7 nitrogen and oxygen atoms in total. The van der Waals surface area contributed by atoms with E-state index in [1.165, 1.54) is 19.0 Å². The fourth-order valence-electron chi connectivity index (χ4n) is 3.28. The zero-order chi connectivity index (χ0) is 17.1. The molecule has 8 heteroatoms. The van der Waals surface area contributed by atoms with Crippen LogP contribution in [-0.4, -0.2) is 55.3 Å². The highest BCUT2D eigenvalue weighted by atomic mass is 19.1. The number of amides is 1. The van der Waals surface area contributed by atoms with Gasteiger partial charge in [0.05, 0.1) is 12.2 Å². The lowest BCUT2D eigenvalue weighted by Gasteiger charge is -2.19. The van der Waals surface area contributed by atoms with Crippen LogP contribution < -0.4 is 15.5 Å². The number of carbonyl (C=O) groups excluding carboxylic acids is 1. The number of aromatic nitrogens is 2. The molecule has 0 radical (unpaired) electrons. The minimum Gasteiger partial charge on any atom is -0.372 e. The zero-order valence-electron chi connectivity index (χ0n) is 14.1. The summed E-state index contributed by atoms with van der Waals surface area (Å²) >= 11 is 0. The molecule has 1 saturated heterocycles. The molecular formula is C16H24FN5O2. The summed E-state index contributed by atoms with van der Waals surface area (Å²) in [4.78, 5) is 22.4. The summed E-state index contributed by atoms with van der Waals surface area (Å²) in [5, 5.41) is 5.81. The van der Waals surface area contributed by atoms with Crippen molar-refractivity contribution in [1.29, 1.82) is 0 Å². The van der Waals surface area contributed by atoms with Crippen molar-refractivity contribution < 1.29 is 13.9 Å². The quantitative estimate of drug-likeness (QED) is 0.773. The minimum atomic E-state index is -0.472. The number of halogens is 1. The first-order valence-electron chi connectivity index (χ1n) is 8.44. The van der Waals surface area contributed by atoms with Crippen LogP contribution in [0.3, 0.4) is 0 Å². The van der Waals surface area contributed by atoms with Crippen molar-refractivity contribution in [3.8, 4) is 0 Å². The molecular weight excluding hydrogens is 313 g/mol. The molecule has 0 unspecified atom stereocenters. The third-order valence-corrected chi connectivity index (χ3v) is 4.63. The fourth-order valence-corrected chi connectivity index (χ4v) is 3.28. The van der Waals surface area contributed by atoms with Gasteiger partial charge in [0.2, 0.25) is 11.9 Å². The van der Waals surface area contributed by atoms with Crippen LogP contribution in [0.25, 0.3) is 0 Å². The van der Waals surface area contributed by atoms with Gasteiger partial charge in [-0.05, 0) is 25.7 Å². The smallest absolute Gasteiger partial charge is 0.246 e. The van der Waals surface area contributed by atoms with Gasteiger partial charge in [0.25, 0.3) is 0 Å². The Hall–Kier alpha value is -1.96. The van der Waals surface area contributed by atoms with Crippen molar-refractivity contribution in [1.82, 2.24) is 15.3 Å². The van der Waals surface area contributed by atoms with E-state index >= 15 is 0 Å². The van der Waals surface area contributed by atoms with E-state index in [9.17, 15) is 9.18 Å². The highest BCUT2D eigenvalue weighted by Gasteiger charge is 2.43. The minimum absolute atomic E-state index is 0.0529. The molecule has 2 aliphatic rings. The monoisotopic (exact) mass is 337 g/mol. The lowest BCUT2D eigenvalue weighted by Crippen LogP contribution is -2.43. The first kappa shape index (κ1) is 16.9. The van der Waals surface area contributed by atoms with Crippen molar-refractivity contribution in [3.63, 3.8) is 0 Å². The summed E-state index contributed by atoms with van der Waals surface area (Å²) in [5.74, 6) is 1.13. The molecule has 132 valence electrons. The number of hydrogen-bond acceptors (Lipinski definition) is 6.